The molecule has 0 saturated carbocycles. The van der Waals surface area contributed by atoms with Gasteiger partial charge in [-0.2, -0.15) is 0 Å². The molecule has 0 aliphatic heterocycles. The number of ether oxygens (including phenoxy) is 1. The zero-order valence-corrected chi connectivity index (χ0v) is 15.4. The van der Waals surface area contributed by atoms with Crippen molar-refractivity contribution in [3.05, 3.63) is 70.8 Å². The summed E-state index contributed by atoms with van der Waals surface area (Å²) in [5.74, 6) is -1.23. The highest BCUT2D eigenvalue weighted by Gasteiger charge is 2.20. The summed E-state index contributed by atoms with van der Waals surface area (Å²) in [5, 5.41) is 2.58. The van der Waals surface area contributed by atoms with Crippen molar-refractivity contribution in [3.63, 3.8) is 0 Å². The summed E-state index contributed by atoms with van der Waals surface area (Å²) in [4.78, 5) is 36.5. The molecule has 2 aromatic carbocycles. The number of benzene rings is 2. The van der Waals surface area contributed by atoms with E-state index in [1.54, 1.807) is 36.4 Å². The van der Waals surface area contributed by atoms with E-state index in [0.717, 1.165) is 19.3 Å². The fraction of sp³-hybridized carbons (Fsp3) is 0.318. The molecule has 0 heterocycles. The molecular formula is C22H23NO4. The van der Waals surface area contributed by atoms with Crippen molar-refractivity contribution < 1.29 is 19.1 Å². The maximum Gasteiger partial charge on any atom is 0.328 e. The highest BCUT2D eigenvalue weighted by atomic mass is 16.5. The van der Waals surface area contributed by atoms with Crippen molar-refractivity contribution in [2.45, 2.75) is 38.6 Å². The molecule has 1 atom stereocenters. The van der Waals surface area contributed by atoms with Gasteiger partial charge in [-0.1, -0.05) is 30.3 Å². The van der Waals surface area contributed by atoms with E-state index in [1.165, 1.54) is 24.5 Å². The van der Waals surface area contributed by atoms with Crippen molar-refractivity contribution >= 4 is 17.7 Å². The number of hydrogen-bond donors (Lipinski definition) is 1. The van der Waals surface area contributed by atoms with Crippen LogP contribution in [0.4, 0.5) is 0 Å². The minimum atomic E-state index is -0.839. The molecule has 1 aliphatic rings. The van der Waals surface area contributed by atoms with Crippen LogP contribution < -0.4 is 5.32 Å². The summed E-state index contributed by atoms with van der Waals surface area (Å²) < 4.78 is 5.10. The molecular weight excluding hydrogens is 342 g/mol. The summed E-state index contributed by atoms with van der Waals surface area (Å²) in [6.07, 6.45) is 4.36. The molecule has 3 rings (SSSR count). The first-order valence-electron chi connectivity index (χ1n) is 9.22. The van der Waals surface area contributed by atoms with Crippen LogP contribution in [-0.2, 0) is 22.4 Å². The average Bonchev–Trinajstić information content (AvgIpc) is 2.71. The summed E-state index contributed by atoms with van der Waals surface area (Å²) >= 11 is 0. The van der Waals surface area contributed by atoms with Gasteiger partial charge in [-0.25, -0.2) is 4.79 Å². The molecule has 0 radical (unpaired) electrons. The average molecular weight is 365 g/mol. The van der Waals surface area contributed by atoms with E-state index in [9.17, 15) is 14.4 Å². The molecule has 0 fully saturated rings. The number of esters is 1. The molecule has 0 spiro atoms. The van der Waals surface area contributed by atoms with E-state index in [2.05, 4.69) is 5.32 Å². The Morgan fingerprint density at radius 2 is 1.67 bits per heavy atom. The van der Waals surface area contributed by atoms with Gasteiger partial charge in [-0.05, 0) is 61.9 Å². The van der Waals surface area contributed by atoms with Crippen molar-refractivity contribution in [2.75, 3.05) is 6.61 Å². The topological polar surface area (TPSA) is 72.5 Å². The van der Waals surface area contributed by atoms with Gasteiger partial charge in [0.05, 0.1) is 0 Å². The standard InChI is InChI=1S/C22H23NO4/c1-15(23-21(25)17-8-3-2-4-9-17)22(26)27-14-20(24)19-12-11-16-7-5-6-10-18(16)13-19/h2-4,8-9,11-13,15H,5-7,10,14H2,1H3,(H,23,25)/t15-/m0/s1. The number of amides is 1. The maximum absolute atomic E-state index is 12.3. The van der Waals surface area contributed by atoms with Gasteiger partial charge in [-0.3, -0.25) is 9.59 Å². The number of ketones is 1. The van der Waals surface area contributed by atoms with E-state index in [-0.39, 0.29) is 18.3 Å². The second-order valence-electron chi connectivity index (χ2n) is 6.78. The third-order valence-electron chi connectivity index (χ3n) is 4.75. The van der Waals surface area contributed by atoms with E-state index >= 15 is 0 Å². The Morgan fingerprint density at radius 3 is 2.41 bits per heavy atom. The number of rotatable bonds is 6. The zero-order chi connectivity index (χ0) is 19.2. The molecule has 2 aromatic rings. The number of nitrogens with one attached hydrogen (secondary N) is 1. The Kier molecular flexibility index (Phi) is 6.01. The van der Waals surface area contributed by atoms with E-state index in [0.29, 0.717) is 11.1 Å². The largest absolute Gasteiger partial charge is 0.456 e. The first-order chi connectivity index (χ1) is 13.0. The van der Waals surface area contributed by atoms with Crippen LogP contribution in [0.2, 0.25) is 0 Å². The van der Waals surface area contributed by atoms with Crippen LogP contribution in [0.1, 0.15) is 51.6 Å². The lowest BCUT2D eigenvalue weighted by Gasteiger charge is -2.16. The predicted octanol–water partition coefficient (Wildman–Crippen LogP) is 3.11. The first kappa shape index (κ1) is 18.8. The van der Waals surface area contributed by atoms with Gasteiger partial charge in [0, 0.05) is 11.1 Å². The second kappa shape index (κ2) is 8.62. The number of aryl methyl sites for hydroxylation is 2. The van der Waals surface area contributed by atoms with Gasteiger partial charge in [0.15, 0.2) is 12.4 Å². The zero-order valence-electron chi connectivity index (χ0n) is 15.4. The van der Waals surface area contributed by atoms with Crippen molar-refractivity contribution in [2.24, 2.45) is 0 Å². The molecule has 1 amide bonds. The van der Waals surface area contributed by atoms with Crippen LogP contribution in [0.5, 0.6) is 0 Å². The summed E-state index contributed by atoms with van der Waals surface area (Å²) in [6, 6.07) is 13.5. The van der Waals surface area contributed by atoms with E-state index in [4.69, 9.17) is 4.74 Å². The van der Waals surface area contributed by atoms with Crippen LogP contribution in [0, 0.1) is 0 Å². The predicted molar refractivity (Wildman–Crippen MR) is 102 cm³/mol. The summed E-state index contributed by atoms with van der Waals surface area (Å²) in [5.41, 5.74) is 3.53. The fourth-order valence-electron chi connectivity index (χ4n) is 3.18. The van der Waals surface area contributed by atoms with Crippen LogP contribution in [0.3, 0.4) is 0 Å². The van der Waals surface area contributed by atoms with Crippen LogP contribution in [-0.4, -0.2) is 30.3 Å². The summed E-state index contributed by atoms with van der Waals surface area (Å²) in [6.45, 7) is 1.20. The molecule has 0 saturated heterocycles. The second-order valence-corrected chi connectivity index (χ2v) is 6.78. The highest BCUT2D eigenvalue weighted by Crippen LogP contribution is 2.22. The molecule has 1 aliphatic carbocycles. The Hall–Kier alpha value is -2.95. The molecule has 0 unspecified atom stereocenters. The maximum atomic E-state index is 12.3. The fourth-order valence-corrected chi connectivity index (χ4v) is 3.18. The third kappa shape index (κ3) is 4.82. The Morgan fingerprint density at radius 1 is 0.963 bits per heavy atom. The van der Waals surface area contributed by atoms with Gasteiger partial charge in [0.25, 0.3) is 5.91 Å². The van der Waals surface area contributed by atoms with Gasteiger partial charge in [-0.15, -0.1) is 0 Å². The lowest BCUT2D eigenvalue weighted by Crippen LogP contribution is -2.40. The number of carbonyl (C=O) groups is 3. The van der Waals surface area contributed by atoms with Crippen molar-refractivity contribution in [1.82, 2.24) is 5.32 Å². The van der Waals surface area contributed by atoms with Gasteiger partial charge in [0.2, 0.25) is 0 Å². The Labute approximate surface area is 158 Å². The number of Topliss-reactive ketones (excluding diaryl/α,β-unsaturated/α-hetero) is 1. The monoisotopic (exact) mass is 365 g/mol. The number of hydrogen-bond acceptors (Lipinski definition) is 4. The molecule has 1 N–H and O–H groups in total. The van der Waals surface area contributed by atoms with Crippen molar-refractivity contribution in [1.29, 1.82) is 0 Å². The van der Waals surface area contributed by atoms with Crippen LogP contribution >= 0.6 is 0 Å². The molecule has 0 aromatic heterocycles. The SMILES string of the molecule is C[C@H](NC(=O)c1ccccc1)C(=O)OCC(=O)c1ccc2c(c1)CCCC2. The molecule has 0 bridgehead atoms. The first-order valence-corrected chi connectivity index (χ1v) is 9.22. The van der Waals surface area contributed by atoms with E-state index < -0.39 is 12.0 Å². The smallest absolute Gasteiger partial charge is 0.328 e. The number of fused-ring (bicyclic) bond motifs is 1. The number of carbonyl (C=O) groups excluding carboxylic acids is 3. The Balaban J connectivity index is 1.52. The third-order valence-corrected chi connectivity index (χ3v) is 4.75. The van der Waals surface area contributed by atoms with Gasteiger partial charge >= 0.3 is 5.97 Å². The lowest BCUT2D eigenvalue weighted by atomic mass is 9.90. The quantitative estimate of drug-likeness (QED) is 0.631. The lowest BCUT2D eigenvalue weighted by molar-refractivity contribution is -0.144. The van der Waals surface area contributed by atoms with E-state index in [1.807, 2.05) is 12.1 Å². The minimum absolute atomic E-state index is 0.238. The molecule has 27 heavy (non-hydrogen) atoms. The minimum Gasteiger partial charge on any atom is -0.456 e. The van der Waals surface area contributed by atoms with Gasteiger partial charge < -0.3 is 10.1 Å². The van der Waals surface area contributed by atoms with Crippen molar-refractivity contribution in [3.8, 4) is 0 Å². The molecule has 140 valence electrons. The summed E-state index contributed by atoms with van der Waals surface area (Å²) in [7, 11) is 0. The van der Waals surface area contributed by atoms with Crippen LogP contribution in [0.25, 0.3) is 0 Å². The van der Waals surface area contributed by atoms with Gasteiger partial charge in [0.1, 0.15) is 6.04 Å². The Bertz CT molecular complexity index is 845. The molecule has 5 heteroatoms. The molecule has 5 nitrogen and oxygen atoms in total. The normalized spacial score (nSPS) is 14.0. The highest BCUT2D eigenvalue weighted by molar-refractivity contribution is 5.99. The van der Waals surface area contributed by atoms with Crippen LogP contribution in [0.15, 0.2) is 48.5 Å².